The van der Waals surface area contributed by atoms with Crippen LogP contribution in [0, 0.1) is 26.6 Å². The zero-order valence-corrected chi connectivity index (χ0v) is 12.5. The lowest BCUT2D eigenvalue weighted by atomic mass is 9.79. The molecule has 1 heterocycles. The molecule has 0 N–H and O–H groups in total. The summed E-state index contributed by atoms with van der Waals surface area (Å²) >= 11 is 0. The topological polar surface area (TPSA) is 30.0 Å². The Kier molecular flexibility index (Phi) is 3.36. The van der Waals surface area contributed by atoms with Crippen LogP contribution in [0.2, 0.25) is 0 Å². The van der Waals surface area contributed by atoms with Crippen LogP contribution in [0.4, 0.5) is 4.39 Å². The standard InChI is InChI=1S/C18H18FNO/c1-10-4-5-14(19)9-15(10)13-7-16-18(17(21)8-13)11(2)6-12(3)20-16/h4-6,9,13H,7-8H2,1-3H3. The second kappa shape index (κ2) is 5.06. The summed E-state index contributed by atoms with van der Waals surface area (Å²) in [5, 5.41) is 0. The highest BCUT2D eigenvalue weighted by Gasteiger charge is 2.29. The summed E-state index contributed by atoms with van der Waals surface area (Å²) < 4.78 is 13.5. The van der Waals surface area contributed by atoms with Crippen LogP contribution in [-0.4, -0.2) is 10.8 Å². The van der Waals surface area contributed by atoms with Crippen molar-refractivity contribution in [2.24, 2.45) is 0 Å². The molecule has 0 fully saturated rings. The minimum atomic E-state index is -0.248. The smallest absolute Gasteiger partial charge is 0.165 e. The van der Waals surface area contributed by atoms with E-state index >= 15 is 0 Å². The van der Waals surface area contributed by atoms with Gasteiger partial charge in [-0.3, -0.25) is 9.78 Å². The molecule has 108 valence electrons. The summed E-state index contributed by atoms with van der Waals surface area (Å²) in [6, 6.07) is 6.75. The fourth-order valence-corrected chi connectivity index (χ4v) is 3.35. The van der Waals surface area contributed by atoms with E-state index in [2.05, 4.69) is 4.98 Å². The number of aromatic nitrogens is 1. The first-order chi connectivity index (χ1) is 9.95. The minimum absolute atomic E-state index is 0.0226. The van der Waals surface area contributed by atoms with Gasteiger partial charge in [-0.15, -0.1) is 0 Å². The van der Waals surface area contributed by atoms with Crippen LogP contribution in [0.1, 0.15) is 50.8 Å². The molecule has 0 saturated carbocycles. The van der Waals surface area contributed by atoms with E-state index in [4.69, 9.17) is 0 Å². The van der Waals surface area contributed by atoms with Crippen LogP contribution in [0.5, 0.6) is 0 Å². The normalized spacial score (nSPS) is 17.7. The van der Waals surface area contributed by atoms with Gasteiger partial charge in [0.1, 0.15) is 5.82 Å². The van der Waals surface area contributed by atoms with E-state index in [1.807, 2.05) is 26.8 Å². The predicted molar refractivity (Wildman–Crippen MR) is 80.2 cm³/mol. The number of pyridine rings is 1. The summed E-state index contributed by atoms with van der Waals surface area (Å²) in [7, 11) is 0. The van der Waals surface area contributed by atoms with Crippen molar-refractivity contribution in [1.29, 1.82) is 0 Å². The number of Topliss-reactive ketones (excluding diaryl/α,β-unsaturated/α-hetero) is 1. The summed E-state index contributed by atoms with van der Waals surface area (Å²) in [5.74, 6) is -0.105. The average molecular weight is 283 g/mol. The second-order valence-electron chi connectivity index (χ2n) is 5.93. The number of carbonyl (C=O) groups excluding carboxylic acids is 1. The van der Waals surface area contributed by atoms with E-state index in [1.165, 1.54) is 6.07 Å². The molecule has 1 aromatic heterocycles. The van der Waals surface area contributed by atoms with Gasteiger partial charge in [-0.25, -0.2) is 4.39 Å². The molecule has 2 aromatic rings. The van der Waals surface area contributed by atoms with Gasteiger partial charge in [0.2, 0.25) is 0 Å². The summed E-state index contributed by atoms with van der Waals surface area (Å²) in [6.07, 6.45) is 1.14. The monoisotopic (exact) mass is 283 g/mol. The zero-order valence-electron chi connectivity index (χ0n) is 12.5. The van der Waals surface area contributed by atoms with Gasteiger partial charge in [-0.05, 0) is 68.0 Å². The molecular formula is C18H18FNO. The summed E-state index contributed by atoms with van der Waals surface area (Å²) in [4.78, 5) is 17.0. The number of ketones is 1. The van der Waals surface area contributed by atoms with E-state index in [0.717, 1.165) is 33.6 Å². The lowest BCUT2D eigenvalue weighted by Crippen LogP contribution is -2.22. The lowest BCUT2D eigenvalue weighted by molar-refractivity contribution is 0.0962. The van der Waals surface area contributed by atoms with Gasteiger partial charge in [-0.2, -0.15) is 0 Å². The van der Waals surface area contributed by atoms with Gasteiger partial charge < -0.3 is 0 Å². The van der Waals surface area contributed by atoms with Crippen LogP contribution < -0.4 is 0 Å². The highest BCUT2D eigenvalue weighted by Crippen LogP contribution is 2.35. The Morgan fingerprint density at radius 1 is 1.10 bits per heavy atom. The van der Waals surface area contributed by atoms with Gasteiger partial charge in [-0.1, -0.05) is 6.07 Å². The molecule has 21 heavy (non-hydrogen) atoms. The van der Waals surface area contributed by atoms with Crippen molar-refractivity contribution in [3.8, 4) is 0 Å². The van der Waals surface area contributed by atoms with Crippen LogP contribution in [-0.2, 0) is 6.42 Å². The number of halogens is 1. The Bertz CT molecular complexity index is 736. The van der Waals surface area contributed by atoms with Crippen LogP contribution >= 0.6 is 0 Å². The molecule has 1 unspecified atom stereocenters. The third-order valence-electron chi connectivity index (χ3n) is 4.25. The highest BCUT2D eigenvalue weighted by molar-refractivity contribution is 6.00. The van der Waals surface area contributed by atoms with Gasteiger partial charge >= 0.3 is 0 Å². The van der Waals surface area contributed by atoms with E-state index in [1.54, 1.807) is 12.1 Å². The molecule has 0 spiro atoms. The number of aryl methyl sites for hydroxylation is 3. The van der Waals surface area contributed by atoms with Gasteiger partial charge in [0.25, 0.3) is 0 Å². The third kappa shape index (κ3) is 2.48. The van der Waals surface area contributed by atoms with Crippen molar-refractivity contribution in [3.63, 3.8) is 0 Å². The molecule has 0 radical (unpaired) electrons. The molecule has 1 atom stereocenters. The van der Waals surface area contributed by atoms with Crippen LogP contribution in [0.25, 0.3) is 0 Å². The molecule has 0 bridgehead atoms. The van der Waals surface area contributed by atoms with Gasteiger partial charge in [0.15, 0.2) is 5.78 Å². The molecule has 2 nitrogen and oxygen atoms in total. The van der Waals surface area contributed by atoms with E-state index in [0.29, 0.717) is 12.8 Å². The maximum atomic E-state index is 13.5. The minimum Gasteiger partial charge on any atom is -0.294 e. The Hall–Kier alpha value is -2.03. The molecule has 0 saturated heterocycles. The number of rotatable bonds is 1. The number of nitrogens with zero attached hydrogens (tertiary/aromatic N) is 1. The maximum absolute atomic E-state index is 13.5. The van der Waals surface area contributed by atoms with E-state index < -0.39 is 0 Å². The number of hydrogen-bond acceptors (Lipinski definition) is 2. The number of hydrogen-bond donors (Lipinski definition) is 0. The van der Waals surface area contributed by atoms with Crippen molar-refractivity contribution in [1.82, 2.24) is 4.98 Å². The van der Waals surface area contributed by atoms with Crippen molar-refractivity contribution in [3.05, 3.63) is 63.7 Å². The molecule has 3 heteroatoms. The van der Waals surface area contributed by atoms with Crippen molar-refractivity contribution >= 4 is 5.78 Å². The SMILES string of the molecule is Cc1cc(C)c2c(n1)CC(c1cc(F)ccc1C)CC2=O. The quantitative estimate of drug-likeness (QED) is 0.790. The second-order valence-corrected chi connectivity index (χ2v) is 5.93. The number of fused-ring (bicyclic) bond motifs is 1. The molecule has 1 aromatic carbocycles. The molecular weight excluding hydrogens is 265 g/mol. The van der Waals surface area contributed by atoms with Crippen LogP contribution in [0.15, 0.2) is 24.3 Å². The Labute approximate surface area is 124 Å². The fourth-order valence-electron chi connectivity index (χ4n) is 3.35. The van der Waals surface area contributed by atoms with Crippen molar-refractivity contribution in [2.75, 3.05) is 0 Å². The third-order valence-corrected chi connectivity index (χ3v) is 4.25. The molecule has 0 amide bonds. The first kappa shape index (κ1) is 13.9. The Balaban J connectivity index is 2.06. The Morgan fingerprint density at radius 2 is 1.86 bits per heavy atom. The van der Waals surface area contributed by atoms with Crippen molar-refractivity contribution < 1.29 is 9.18 Å². The lowest BCUT2D eigenvalue weighted by Gasteiger charge is -2.26. The Morgan fingerprint density at radius 3 is 2.62 bits per heavy atom. The zero-order chi connectivity index (χ0) is 15.1. The predicted octanol–water partition coefficient (Wildman–Crippen LogP) is 4.06. The first-order valence-electron chi connectivity index (χ1n) is 7.22. The largest absolute Gasteiger partial charge is 0.294 e. The van der Waals surface area contributed by atoms with Crippen molar-refractivity contribution in [2.45, 2.75) is 39.5 Å². The van der Waals surface area contributed by atoms with Gasteiger partial charge in [0, 0.05) is 17.7 Å². The maximum Gasteiger partial charge on any atom is 0.165 e. The first-order valence-corrected chi connectivity index (χ1v) is 7.22. The molecule has 1 aliphatic rings. The molecule has 0 aliphatic heterocycles. The summed E-state index contributed by atoms with van der Waals surface area (Å²) in [5.41, 5.74) is 5.51. The molecule has 1 aliphatic carbocycles. The number of carbonyl (C=O) groups is 1. The van der Waals surface area contributed by atoms with Crippen LogP contribution in [0.3, 0.4) is 0 Å². The van der Waals surface area contributed by atoms with E-state index in [9.17, 15) is 9.18 Å². The van der Waals surface area contributed by atoms with E-state index in [-0.39, 0.29) is 17.5 Å². The number of benzene rings is 1. The molecule has 3 rings (SSSR count). The van der Waals surface area contributed by atoms with Gasteiger partial charge in [0.05, 0.1) is 5.69 Å². The highest BCUT2D eigenvalue weighted by atomic mass is 19.1. The fraction of sp³-hybridized carbons (Fsp3) is 0.333. The summed E-state index contributed by atoms with van der Waals surface area (Å²) in [6.45, 7) is 5.86. The average Bonchev–Trinajstić information content (AvgIpc) is 2.40.